The molecule has 0 aliphatic carbocycles. The fourth-order valence-corrected chi connectivity index (χ4v) is 2.43. The van der Waals surface area contributed by atoms with Gasteiger partial charge < -0.3 is 15.1 Å². The summed E-state index contributed by atoms with van der Waals surface area (Å²) < 4.78 is 43.7. The molecule has 0 aromatic carbocycles. The smallest absolute Gasteiger partial charge is 0.415 e. The molecule has 1 aromatic rings. The number of furan rings is 1. The van der Waals surface area contributed by atoms with E-state index in [9.17, 15) is 22.8 Å². The second-order valence-electron chi connectivity index (χ2n) is 5.67. The van der Waals surface area contributed by atoms with Crippen LogP contribution in [0.3, 0.4) is 0 Å². The van der Waals surface area contributed by atoms with Crippen molar-refractivity contribution < 1.29 is 27.2 Å². The first-order chi connectivity index (χ1) is 10.2. The van der Waals surface area contributed by atoms with Gasteiger partial charge in [-0.25, -0.2) is 0 Å². The van der Waals surface area contributed by atoms with E-state index in [1.54, 1.807) is 6.92 Å². The Bertz CT molecular complexity index is 542. The lowest BCUT2D eigenvalue weighted by atomic mass is 9.94. The highest BCUT2D eigenvalue weighted by Gasteiger charge is 2.44. The molecule has 0 spiro atoms. The summed E-state index contributed by atoms with van der Waals surface area (Å²) in [5.41, 5.74) is -0.535. The van der Waals surface area contributed by atoms with Crippen molar-refractivity contribution in [1.82, 2.24) is 10.6 Å². The average molecular weight is 318 g/mol. The van der Waals surface area contributed by atoms with Gasteiger partial charge in [0.05, 0.1) is 6.26 Å². The van der Waals surface area contributed by atoms with Gasteiger partial charge in [0.1, 0.15) is 5.76 Å². The standard InChI is InChI=1S/C14H17F3N2O3/c1-13(7-5-11(21)19-13)6-4-10(20)18-12(14(15,16)17)9-3-2-8-22-9/h2-3,8,12H,4-7H2,1H3,(H,18,20)(H,19,21). The molecule has 2 rings (SSSR count). The van der Waals surface area contributed by atoms with Crippen LogP contribution >= 0.6 is 0 Å². The van der Waals surface area contributed by atoms with E-state index in [-0.39, 0.29) is 24.5 Å². The Hall–Kier alpha value is -1.99. The van der Waals surface area contributed by atoms with Crippen LogP contribution in [0.15, 0.2) is 22.8 Å². The van der Waals surface area contributed by atoms with Crippen molar-refractivity contribution in [2.75, 3.05) is 0 Å². The number of nitrogens with one attached hydrogen (secondary N) is 2. The van der Waals surface area contributed by atoms with Crippen LogP contribution in [0, 0.1) is 0 Å². The molecule has 2 atom stereocenters. The molecule has 22 heavy (non-hydrogen) atoms. The van der Waals surface area contributed by atoms with Gasteiger partial charge in [0.15, 0.2) is 6.04 Å². The van der Waals surface area contributed by atoms with Crippen molar-refractivity contribution in [3.05, 3.63) is 24.2 Å². The Morgan fingerprint density at radius 3 is 2.77 bits per heavy atom. The molecule has 8 heteroatoms. The van der Waals surface area contributed by atoms with Crippen molar-refractivity contribution in [1.29, 1.82) is 0 Å². The zero-order valence-electron chi connectivity index (χ0n) is 12.0. The van der Waals surface area contributed by atoms with Gasteiger partial charge in [-0.3, -0.25) is 9.59 Å². The van der Waals surface area contributed by atoms with Crippen molar-refractivity contribution in [3.8, 4) is 0 Å². The molecular weight excluding hydrogens is 301 g/mol. The molecule has 2 heterocycles. The molecule has 0 saturated carbocycles. The molecule has 122 valence electrons. The molecule has 0 bridgehead atoms. The van der Waals surface area contributed by atoms with Gasteiger partial charge in [0, 0.05) is 18.4 Å². The van der Waals surface area contributed by atoms with Gasteiger partial charge in [-0.2, -0.15) is 13.2 Å². The largest absolute Gasteiger partial charge is 0.467 e. The molecular formula is C14H17F3N2O3. The zero-order chi connectivity index (χ0) is 16.4. The molecule has 2 amide bonds. The Morgan fingerprint density at radius 1 is 1.55 bits per heavy atom. The van der Waals surface area contributed by atoms with Crippen LogP contribution in [-0.4, -0.2) is 23.5 Å². The van der Waals surface area contributed by atoms with Gasteiger partial charge in [0.25, 0.3) is 0 Å². The molecule has 1 aliphatic rings. The van der Waals surface area contributed by atoms with E-state index in [1.807, 2.05) is 5.32 Å². The minimum atomic E-state index is -4.64. The van der Waals surface area contributed by atoms with Crippen LogP contribution in [0.1, 0.15) is 44.4 Å². The molecule has 2 unspecified atom stereocenters. The summed E-state index contributed by atoms with van der Waals surface area (Å²) in [5.74, 6) is -1.20. The maximum atomic E-state index is 13.0. The first-order valence-corrected chi connectivity index (χ1v) is 6.90. The SMILES string of the molecule is CC1(CCC(=O)NC(c2ccco2)C(F)(F)F)CCC(=O)N1. The van der Waals surface area contributed by atoms with Gasteiger partial charge >= 0.3 is 6.18 Å². The van der Waals surface area contributed by atoms with Crippen molar-refractivity contribution >= 4 is 11.8 Å². The van der Waals surface area contributed by atoms with E-state index < -0.39 is 23.7 Å². The summed E-state index contributed by atoms with van der Waals surface area (Å²) in [5, 5.41) is 4.68. The van der Waals surface area contributed by atoms with E-state index in [0.717, 1.165) is 12.3 Å². The number of hydrogen-bond donors (Lipinski definition) is 2. The lowest BCUT2D eigenvalue weighted by Gasteiger charge is -2.24. The van der Waals surface area contributed by atoms with Crippen LogP contribution in [0.25, 0.3) is 0 Å². The van der Waals surface area contributed by atoms with E-state index in [4.69, 9.17) is 4.42 Å². The Kier molecular flexibility index (Phi) is 4.48. The summed E-state index contributed by atoms with van der Waals surface area (Å²) in [4.78, 5) is 23.0. The number of hydrogen-bond acceptors (Lipinski definition) is 3. The zero-order valence-corrected chi connectivity index (χ0v) is 12.0. The summed E-state index contributed by atoms with van der Waals surface area (Å²) in [6.07, 6.45) is -2.40. The fourth-order valence-electron chi connectivity index (χ4n) is 2.43. The maximum Gasteiger partial charge on any atom is 0.415 e. The topological polar surface area (TPSA) is 71.3 Å². The number of halogens is 3. The minimum absolute atomic E-state index is 0.105. The van der Waals surface area contributed by atoms with Crippen LogP contribution in [-0.2, 0) is 9.59 Å². The summed E-state index contributed by atoms with van der Waals surface area (Å²) in [7, 11) is 0. The highest BCUT2D eigenvalue weighted by molar-refractivity contribution is 5.80. The molecule has 1 fully saturated rings. The average Bonchev–Trinajstić information content (AvgIpc) is 3.03. The second kappa shape index (κ2) is 6.02. The monoisotopic (exact) mass is 318 g/mol. The number of carbonyl (C=O) groups excluding carboxylic acids is 2. The molecule has 0 radical (unpaired) electrons. The fraction of sp³-hybridized carbons (Fsp3) is 0.571. The van der Waals surface area contributed by atoms with Crippen LogP contribution in [0.2, 0.25) is 0 Å². The van der Waals surface area contributed by atoms with Crippen molar-refractivity contribution in [2.24, 2.45) is 0 Å². The predicted octanol–water partition coefficient (Wildman–Crippen LogP) is 2.45. The van der Waals surface area contributed by atoms with Gasteiger partial charge in [0.2, 0.25) is 11.8 Å². The highest BCUT2D eigenvalue weighted by atomic mass is 19.4. The Morgan fingerprint density at radius 2 is 2.27 bits per heavy atom. The maximum absolute atomic E-state index is 13.0. The molecule has 1 aliphatic heterocycles. The van der Waals surface area contributed by atoms with Crippen LogP contribution in [0.4, 0.5) is 13.2 Å². The molecule has 5 nitrogen and oxygen atoms in total. The lowest BCUT2D eigenvalue weighted by Crippen LogP contribution is -2.41. The molecule has 1 saturated heterocycles. The van der Waals surface area contributed by atoms with E-state index >= 15 is 0 Å². The Labute approximate surface area is 125 Å². The first kappa shape index (κ1) is 16.4. The number of carbonyl (C=O) groups is 2. The second-order valence-corrected chi connectivity index (χ2v) is 5.67. The summed E-state index contributed by atoms with van der Waals surface area (Å²) in [6.45, 7) is 1.78. The quantitative estimate of drug-likeness (QED) is 0.876. The van der Waals surface area contributed by atoms with E-state index in [0.29, 0.717) is 12.8 Å². The molecule has 1 aromatic heterocycles. The minimum Gasteiger partial charge on any atom is -0.467 e. The van der Waals surface area contributed by atoms with Gasteiger partial charge in [-0.15, -0.1) is 0 Å². The Balaban J connectivity index is 1.93. The summed E-state index contributed by atoms with van der Waals surface area (Å²) >= 11 is 0. The van der Waals surface area contributed by atoms with Gasteiger partial charge in [-0.05, 0) is 31.9 Å². The lowest BCUT2D eigenvalue weighted by molar-refractivity contribution is -0.166. The highest BCUT2D eigenvalue weighted by Crippen LogP contribution is 2.33. The van der Waals surface area contributed by atoms with Crippen molar-refractivity contribution in [2.45, 2.75) is 50.4 Å². The number of alkyl halides is 3. The number of rotatable bonds is 5. The normalized spacial score (nSPS) is 23.2. The first-order valence-electron chi connectivity index (χ1n) is 6.90. The van der Waals surface area contributed by atoms with Crippen molar-refractivity contribution in [3.63, 3.8) is 0 Å². The van der Waals surface area contributed by atoms with E-state index in [1.165, 1.54) is 6.07 Å². The van der Waals surface area contributed by atoms with Crippen LogP contribution < -0.4 is 10.6 Å². The molecule has 2 N–H and O–H groups in total. The van der Waals surface area contributed by atoms with Gasteiger partial charge in [-0.1, -0.05) is 0 Å². The summed E-state index contributed by atoms with van der Waals surface area (Å²) in [6, 6.07) is 0.327. The number of amides is 2. The third kappa shape index (κ3) is 4.02. The van der Waals surface area contributed by atoms with E-state index in [2.05, 4.69) is 5.32 Å². The van der Waals surface area contributed by atoms with Crippen LogP contribution in [0.5, 0.6) is 0 Å². The third-order valence-electron chi connectivity index (χ3n) is 3.71. The predicted molar refractivity (Wildman–Crippen MR) is 70.7 cm³/mol. The third-order valence-corrected chi connectivity index (χ3v) is 3.71.